The number of hydrogen-bond donors (Lipinski definition) is 1. The Morgan fingerprint density at radius 1 is 1.20 bits per heavy atom. The maximum Gasteiger partial charge on any atom is 0.257 e. The summed E-state index contributed by atoms with van der Waals surface area (Å²) in [6.45, 7) is 6.38. The van der Waals surface area contributed by atoms with Crippen molar-refractivity contribution in [1.29, 1.82) is 0 Å². The molecule has 3 atom stereocenters. The van der Waals surface area contributed by atoms with Crippen LogP contribution in [0.4, 0.5) is 10.2 Å². The third kappa shape index (κ3) is 2.90. The number of anilines is 1. The predicted molar refractivity (Wildman–Crippen MR) is 105 cm³/mol. The molecule has 10 heteroatoms. The van der Waals surface area contributed by atoms with E-state index in [9.17, 15) is 9.18 Å². The second-order valence-corrected chi connectivity index (χ2v) is 7.73. The van der Waals surface area contributed by atoms with Crippen molar-refractivity contribution >= 4 is 17.4 Å². The van der Waals surface area contributed by atoms with Gasteiger partial charge in [0.05, 0.1) is 36.7 Å². The molecule has 2 bridgehead atoms. The number of nitrogens with zero attached hydrogens (tertiary/aromatic N) is 5. The van der Waals surface area contributed by atoms with Crippen molar-refractivity contribution in [2.45, 2.75) is 38.9 Å². The summed E-state index contributed by atoms with van der Waals surface area (Å²) in [5.74, 6) is 0.680. The normalized spacial score (nSPS) is 23.5. The zero-order valence-electron chi connectivity index (χ0n) is 16.8. The Balaban J connectivity index is 1.74. The van der Waals surface area contributed by atoms with Gasteiger partial charge in [-0.05, 0) is 26.8 Å². The minimum absolute atomic E-state index is 0.0529. The lowest BCUT2D eigenvalue weighted by Crippen LogP contribution is -2.43. The average molecular weight is 412 g/mol. The molecule has 0 radical (unpaired) electrons. The van der Waals surface area contributed by atoms with Gasteiger partial charge in [-0.3, -0.25) is 4.79 Å². The van der Waals surface area contributed by atoms with Gasteiger partial charge in [0, 0.05) is 5.56 Å². The van der Waals surface area contributed by atoms with Crippen molar-refractivity contribution < 1.29 is 18.7 Å². The Morgan fingerprint density at radius 2 is 2.03 bits per heavy atom. The molecule has 9 nitrogen and oxygen atoms in total. The molecule has 0 saturated heterocycles. The van der Waals surface area contributed by atoms with Crippen molar-refractivity contribution in [3.05, 3.63) is 41.6 Å². The number of nitrogens with one attached hydrogen (secondary N) is 1. The zero-order valence-corrected chi connectivity index (χ0v) is 16.8. The number of aromatic nitrogens is 4. The molecule has 1 amide bonds. The van der Waals surface area contributed by atoms with Gasteiger partial charge in [0.1, 0.15) is 24.6 Å². The molecule has 0 fully saturated rings. The summed E-state index contributed by atoms with van der Waals surface area (Å²) >= 11 is 0. The van der Waals surface area contributed by atoms with Gasteiger partial charge < -0.3 is 19.7 Å². The molecule has 3 aromatic heterocycles. The van der Waals surface area contributed by atoms with Crippen molar-refractivity contribution in [2.24, 2.45) is 0 Å². The van der Waals surface area contributed by atoms with E-state index < -0.39 is 5.82 Å². The lowest BCUT2D eigenvalue weighted by molar-refractivity contribution is 0.0927. The largest absolute Gasteiger partial charge is 0.486 e. The van der Waals surface area contributed by atoms with Crippen molar-refractivity contribution in [3.8, 4) is 11.6 Å². The maximum atomic E-state index is 14.1. The highest BCUT2D eigenvalue weighted by molar-refractivity contribution is 6.00. The minimum Gasteiger partial charge on any atom is -0.486 e. The van der Waals surface area contributed by atoms with Gasteiger partial charge in [-0.15, -0.1) is 0 Å². The number of ether oxygens (including phenoxy) is 2. The van der Waals surface area contributed by atoms with Gasteiger partial charge in [-0.2, -0.15) is 5.10 Å². The van der Waals surface area contributed by atoms with E-state index in [4.69, 9.17) is 14.5 Å². The Bertz CT molecular complexity index is 1150. The molecule has 30 heavy (non-hydrogen) atoms. The Labute approximate surface area is 171 Å². The fraction of sp³-hybridized carbons (Fsp3) is 0.400. The van der Waals surface area contributed by atoms with Crippen LogP contribution in [0.25, 0.3) is 5.65 Å². The standard InChI is InChI=1S/C20H21FN6O3/c1-10-8-30-20-14(4-13(21)5-22-20)12(3)27-11(2)9-29-16-7-26-17(25-18(16)27)15(6-23-26)19(28)24-10/h4-7,10-12H,8-9H2,1-3H3,(H,24,28)/t10-,11-,12+/m1/s1. The van der Waals surface area contributed by atoms with Gasteiger partial charge in [0.2, 0.25) is 5.88 Å². The smallest absolute Gasteiger partial charge is 0.257 e. The van der Waals surface area contributed by atoms with E-state index in [1.807, 2.05) is 25.7 Å². The summed E-state index contributed by atoms with van der Waals surface area (Å²) in [6.07, 6.45) is 4.33. The van der Waals surface area contributed by atoms with Crippen LogP contribution in [0.5, 0.6) is 11.6 Å². The summed E-state index contributed by atoms with van der Waals surface area (Å²) in [7, 11) is 0. The fourth-order valence-electron chi connectivity index (χ4n) is 3.96. The van der Waals surface area contributed by atoms with Crippen LogP contribution in [0.15, 0.2) is 24.7 Å². The number of amides is 1. The molecular formula is C20H21FN6O3. The molecule has 0 saturated carbocycles. The molecule has 1 N–H and O–H groups in total. The van der Waals surface area contributed by atoms with Crippen molar-refractivity contribution in [3.63, 3.8) is 0 Å². The van der Waals surface area contributed by atoms with E-state index in [-0.39, 0.29) is 30.6 Å². The number of rotatable bonds is 0. The quantitative estimate of drug-likeness (QED) is 0.604. The molecule has 3 aromatic rings. The molecule has 0 unspecified atom stereocenters. The predicted octanol–water partition coefficient (Wildman–Crippen LogP) is 2.12. The summed E-state index contributed by atoms with van der Waals surface area (Å²) in [6, 6.07) is 0.765. The summed E-state index contributed by atoms with van der Waals surface area (Å²) in [4.78, 5) is 23.7. The minimum atomic E-state index is -0.447. The number of carbonyl (C=O) groups excluding carboxylic acids is 1. The van der Waals surface area contributed by atoms with E-state index in [1.165, 1.54) is 16.8 Å². The molecule has 2 aliphatic rings. The monoisotopic (exact) mass is 412 g/mol. The number of fused-ring (bicyclic) bond motifs is 1. The second-order valence-electron chi connectivity index (χ2n) is 7.73. The number of halogens is 1. The van der Waals surface area contributed by atoms with Gasteiger partial charge in [-0.1, -0.05) is 0 Å². The molecule has 0 spiro atoms. The van der Waals surface area contributed by atoms with Gasteiger partial charge in [0.25, 0.3) is 5.91 Å². The van der Waals surface area contributed by atoms with Crippen LogP contribution in [0, 0.1) is 5.82 Å². The Hall–Kier alpha value is -3.43. The third-order valence-electron chi connectivity index (χ3n) is 5.45. The topological polar surface area (TPSA) is 93.9 Å². The molecule has 0 aliphatic carbocycles. The molecule has 5 heterocycles. The highest BCUT2D eigenvalue weighted by Gasteiger charge is 2.34. The van der Waals surface area contributed by atoms with E-state index >= 15 is 0 Å². The second kappa shape index (κ2) is 6.82. The number of hydrogen-bond acceptors (Lipinski definition) is 7. The Morgan fingerprint density at radius 3 is 2.87 bits per heavy atom. The van der Waals surface area contributed by atoms with Crippen LogP contribution in [0.2, 0.25) is 0 Å². The Kier molecular flexibility index (Phi) is 4.23. The molecule has 2 aliphatic heterocycles. The van der Waals surface area contributed by atoms with Crippen molar-refractivity contribution in [2.75, 3.05) is 18.1 Å². The van der Waals surface area contributed by atoms with Crippen LogP contribution in [-0.4, -0.2) is 50.8 Å². The first-order valence-electron chi connectivity index (χ1n) is 9.81. The lowest BCUT2D eigenvalue weighted by atomic mass is 10.1. The van der Waals surface area contributed by atoms with Crippen molar-refractivity contribution in [1.82, 2.24) is 24.9 Å². The first-order chi connectivity index (χ1) is 14.4. The third-order valence-corrected chi connectivity index (χ3v) is 5.45. The lowest BCUT2D eigenvalue weighted by Gasteiger charge is -2.40. The maximum absolute atomic E-state index is 14.1. The summed E-state index contributed by atoms with van der Waals surface area (Å²) < 4.78 is 27.4. The molecular weight excluding hydrogens is 391 g/mol. The fourth-order valence-corrected chi connectivity index (χ4v) is 3.96. The van der Waals surface area contributed by atoms with Gasteiger partial charge in [-0.25, -0.2) is 18.9 Å². The first-order valence-corrected chi connectivity index (χ1v) is 9.81. The van der Waals surface area contributed by atoms with Crippen LogP contribution in [0.1, 0.15) is 42.7 Å². The van der Waals surface area contributed by atoms with E-state index in [1.54, 1.807) is 6.20 Å². The van der Waals surface area contributed by atoms with E-state index in [2.05, 4.69) is 15.4 Å². The average Bonchev–Trinajstić information content (AvgIpc) is 3.13. The molecule has 0 aromatic carbocycles. The highest BCUT2D eigenvalue weighted by atomic mass is 19.1. The van der Waals surface area contributed by atoms with Crippen LogP contribution in [-0.2, 0) is 0 Å². The zero-order chi connectivity index (χ0) is 21.0. The SMILES string of the molecule is C[C@@H]1COc2ncc(F)cc2[C@H](C)N2c3nc4c(cnn4cc3OC[C@H]2C)C(=O)N1. The van der Waals surface area contributed by atoms with Crippen LogP contribution in [0.3, 0.4) is 0 Å². The van der Waals surface area contributed by atoms with Gasteiger partial charge in [0.15, 0.2) is 17.2 Å². The van der Waals surface area contributed by atoms with E-state index in [0.717, 1.165) is 6.20 Å². The molecule has 5 rings (SSSR count). The van der Waals surface area contributed by atoms with Gasteiger partial charge >= 0.3 is 0 Å². The van der Waals surface area contributed by atoms with E-state index in [0.29, 0.717) is 40.8 Å². The highest BCUT2D eigenvalue weighted by Crippen LogP contribution is 2.40. The van der Waals surface area contributed by atoms with Crippen LogP contribution >= 0.6 is 0 Å². The number of carbonyl (C=O) groups is 1. The summed E-state index contributed by atoms with van der Waals surface area (Å²) in [5, 5.41) is 7.14. The first kappa shape index (κ1) is 18.6. The molecule has 156 valence electrons. The summed E-state index contributed by atoms with van der Waals surface area (Å²) in [5.41, 5.74) is 1.38. The number of pyridine rings is 1. The van der Waals surface area contributed by atoms with Crippen LogP contribution < -0.4 is 19.7 Å².